The van der Waals surface area contributed by atoms with Crippen molar-refractivity contribution in [2.75, 3.05) is 19.1 Å². The van der Waals surface area contributed by atoms with Gasteiger partial charge in [-0.2, -0.15) is 13.5 Å². The predicted octanol–water partition coefficient (Wildman–Crippen LogP) is 4.40. The highest BCUT2D eigenvalue weighted by atomic mass is 32.2. The number of rotatable bonds is 16. The van der Waals surface area contributed by atoms with Crippen molar-refractivity contribution in [3.63, 3.8) is 0 Å². The van der Waals surface area contributed by atoms with Crippen molar-refractivity contribution in [3.8, 4) is 0 Å². The Kier molecular flexibility index (Phi) is 13.5. The number of benzene rings is 4. The molecule has 1 aromatic heterocycles. The van der Waals surface area contributed by atoms with Gasteiger partial charge in [0.25, 0.3) is 21.9 Å². The van der Waals surface area contributed by atoms with Gasteiger partial charge in [0.15, 0.2) is 0 Å². The van der Waals surface area contributed by atoms with Crippen molar-refractivity contribution in [2.24, 2.45) is 5.10 Å². The van der Waals surface area contributed by atoms with E-state index in [2.05, 4.69) is 56.5 Å². The van der Waals surface area contributed by atoms with Gasteiger partial charge in [-0.05, 0) is 73.4 Å². The van der Waals surface area contributed by atoms with Crippen LogP contribution in [0.15, 0.2) is 138 Å². The first-order valence-electron chi connectivity index (χ1n) is 16.6. The molecule has 5 aromatic rings. The number of nitrogens with one attached hydrogen (secondary N) is 3. The van der Waals surface area contributed by atoms with Gasteiger partial charge in [-0.15, -0.1) is 0 Å². The highest BCUT2D eigenvalue weighted by Crippen LogP contribution is 2.32. The molecule has 0 aliphatic carbocycles. The van der Waals surface area contributed by atoms with Crippen LogP contribution in [0, 0.1) is 0 Å². The fourth-order valence-electron chi connectivity index (χ4n) is 5.38. The molecule has 0 aliphatic rings. The third kappa shape index (κ3) is 10.9. The number of hydrogen-bond donors (Lipinski definition) is 4. The van der Waals surface area contributed by atoms with E-state index in [-0.39, 0.29) is 34.2 Å². The number of nitrogens with zero attached hydrogens (tertiary/aromatic N) is 2. The molecule has 2 amide bonds. The summed E-state index contributed by atoms with van der Waals surface area (Å²) in [6, 6.07) is 36.0. The van der Waals surface area contributed by atoms with E-state index < -0.39 is 36.0 Å². The van der Waals surface area contributed by atoms with Crippen LogP contribution in [0.2, 0.25) is 0 Å². The molecule has 0 saturated heterocycles. The molecule has 0 radical (unpaired) electrons. The van der Waals surface area contributed by atoms with Crippen molar-refractivity contribution >= 4 is 63.8 Å². The molecule has 0 bridgehead atoms. The van der Waals surface area contributed by atoms with Crippen LogP contribution < -0.4 is 32.0 Å². The largest absolute Gasteiger partial charge is 0.467 e. The smallest absolute Gasteiger partial charge is 0.328 e. The van der Waals surface area contributed by atoms with Gasteiger partial charge in [-0.25, -0.2) is 9.78 Å². The number of carbonyl (C=O) groups is 3. The minimum Gasteiger partial charge on any atom is -0.467 e. The maximum atomic E-state index is 13.2. The molecular formula is C39H38N5O7PS. The van der Waals surface area contributed by atoms with E-state index in [1.807, 2.05) is 48.5 Å². The fourth-order valence-corrected chi connectivity index (χ4v) is 8.39. The van der Waals surface area contributed by atoms with E-state index in [1.165, 1.54) is 60.5 Å². The molecule has 1 heterocycles. The number of hydrogen-bond acceptors (Lipinski definition) is 9. The third-order valence-electron chi connectivity index (χ3n) is 8.00. The first kappa shape index (κ1) is 38.5. The first-order chi connectivity index (χ1) is 25.6. The van der Waals surface area contributed by atoms with Crippen LogP contribution in [0.1, 0.15) is 45.5 Å². The maximum Gasteiger partial charge on any atom is 0.328 e. The molecule has 5 rings (SSSR count). The Hall–Kier alpha value is -5.75. The molecule has 4 N–H and O–H groups in total. The molecule has 1 atom stereocenters. The summed E-state index contributed by atoms with van der Waals surface area (Å²) in [6.45, 7) is 0.374. The first-order valence-corrected chi connectivity index (χ1v) is 19.4. The normalized spacial score (nSPS) is 11.9. The number of amides is 2. The van der Waals surface area contributed by atoms with E-state index in [0.717, 1.165) is 5.30 Å². The Balaban J connectivity index is 1.12. The Labute approximate surface area is 309 Å². The second-order valence-corrected chi connectivity index (χ2v) is 15.3. The van der Waals surface area contributed by atoms with Gasteiger partial charge in [0, 0.05) is 23.9 Å². The molecule has 0 spiro atoms. The number of aromatic nitrogens is 1. The van der Waals surface area contributed by atoms with Crippen LogP contribution >= 0.6 is 7.92 Å². The van der Waals surface area contributed by atoms with Crippen LogP contribution in [0.5, 0.6) is 0 Å². The summed E-state index contributed by atoms with van der Waals surface area (Å²) in [5.41, 5.74) is 3.54. The summed E-state index contributed by atoms with van der Waals surface area (Å²) in [6.07, 6.45) is 3.88. The van der Waals surface area contributed by atoms with E-state index in [0.29, 0.717) is 24.9 Å². The van der Waals surface area contributed by atoms with Crippen LogP contribution in [-0.2, 0) is 19.6 Å². The lowest BCUT2D eigenvalue weighted by Crippen LogP contribution is -2.41. The van der Waals surface area contributed by atoms with Crippen LogP contribution in [-0.4, -0.2) is 61.6 Å². The summed E-state index contributed by atoms with van der Waals surface area (Å²) < 4.78 is 37.4. The SMILES string of the molecule is COC(=O)C(CCCCNC(=O)c1cccc(P(c2ccccc2)c2ccccc2)c1)NC(=O)c1ccc(N/N=C/c2ccccc2S(=O)(=O)O)nc1. The van der Waals surface area contributed by atoms with E-state index in [4.69, 9.17) is 4.74 Å². The summed E-state index contributed by atoms with van der Waals surface area (Å²) in [7, 11) is -4.04. The topological polar surface area (TPSA) is 176 Å². The Morgan fingerprint density at radius 3 is 2.11 bits per heavy atom. The van der Waals surface area contributed by atoms with Gasteiger partial charge in [0.05, 0.1) is 18.9 Å². The standard InChI is InChI=1S/C39H38N5O7PS/c1-51-39(47)34(43-38(46)30-22-23-36(41-26-30)44-42-27-29-13-8-9-21-35(29)53(48,49)50)20-10-11-24-40-37(45)28-14-12-19-33(25-28)52(31-15-4-2-5-16-31)32-17-6-3-7-18-32/h2-9,12-19,21-23,25-27,34H,10-11,20,24H2,1H3,(H,40,45)(H,41,44)(H,43,46)(H,48,49,50)/b42-27+. The molecular weight excluding hydrogens is 713 g/mol. The zero-order valence-electron chi connectivity index (χ0n) is 28.8. The van der Waals surface area contributed by atoms with Crippen LogP contribution in [0.25, 0.3) is 0 Å². The maximum absolute atomic E-state index is 13.2. The Bertz CT molecular complexity index is 2110. The van der Waals surface area contributed by atoms with Crippen molar-refractivity contribution in [1.29, 1.82) is 0 Å². The molecule has 0 aliphatic heterocycles. The predicted molar refractivity (Wildman–Crippen MR) is 206 cm³/mol. The van der Waals surface area contributed by atoms with Crippen molar-refractivity contribution in [2.45, 2.75) is 30.2 Å². The monoisotopic (exact) mass is 751 g/mol. The number of esters is 1. The highest BCUT2D eigenvalue weighted by molar-refractivity contribution is 7.86. The number of carbonyl (C=O) groups excluding carboxylic acids is 3. The summed E-state index contributed by atoms with van der Waals surface area (Å²) in [4.78, 5) is 42.5. The van der Waals surface area contributed by atoms with Gasteiger partial charge >= 0.3 is 5.97 Å². The number of hydrazone groups is 1. The molecule has 0 fully saturated rings. The summed E-state index contributed by atoms with van der Waals surface area (Å²) in [5.74, 6) is -1.07. The van der Waals surface area contributed by atoms with Gasteiger partial charge in [0.2, 0.25) is 0 Å². The van der Waals surface area contributed by atoms with Crippen molar-refractivity contribution in [1.82, 2.24) is 15.6 Å². The van der Waals surface area contributed by atoms with Crippen LogP contribution in [0.3, 0.4) is 0 Å². The van der Waals surface area contributed by atoms with Crippen molar-refractivity contribution < 1.29 is 32.1 Å². The van der Waals surface area contributed by atoms with Crippen molar-refractivity contribution in [3.05, 3.63) is 144 Å². The van der Waals surface area contributed by atoms with E-state index in [1.54, 1.807) is 12.1 Å². The summed E-state index contributed by atoms with van der Waals surface area (Å²) in [5, 5.41) is 13.1. The molecule has 53 heavy (non-hydrogen) atoms. The lowest BCUT2D eigenvalue weighted by Gasteiger charge is -2.20. The molecule has 1 unspecified atom stereocenters. The quantitative estimate of drug-likeness (QED) is 0.0284. The molecule has 14 heteroatoms. The number of unbranched alkanes of at least 4 members (excludes halogenated alkanes) is 1. The Morgan fingerprint density at radius 1 is 0.811 bits per heavy atom. The second-order valence-electron chi connectivity index (χ2n) is 11.7. The van der Waals surface area contributed by atoms with Crippen LogP contribution in [0.4, 0.5) is 5.82 Å². The lowest BCUT2D eigenvalue weighted by molar-refractivity contribution is -0.143. The van der Waals surface area contributed by atoms with E-state index in [9.17, 15) is 27.4 Å². The molecule has 4 aromatic carbocycles. The number of anilines is 1. The zero-order chi connectivity index (χ0) is 37.6. The average molecular weight is 752 g/mol. The van der Waals surface area contributed by atoms with E-state index >= 15 is 0 Å². The second kappa shape index (κ2) is 18.7. The fraction of sp³-hybridized carbons (Fsp3) is 0.154. The highest BCUT2D eigenvalue weighted by Gasteiger charge is 2.22. The number of methoxy groups -OCH3 is 1. The average Bonchev–Trinajstić information content (AvgIpc) is 3.18. The lowest BCUT2D eigenvalue weighted by atomic mass is 10.1. The molecule has 12 nitrogen and oxygen atoms in total. The minimum absolute atomic E-state index is 0.164. The summed E-state index contributed by atoms with van der Waals surface area (Å²) >= 11 is 0. The molecule has 272 valence electrons. The van der Waals surface area contributed by atoms with Gasteiger partial charge in [-0.1, -0.05) is 91.0 Å². The zero-order valence-corrected chi connectivity index (χ0v) is 30.5. The van der Waals surface area contributed by atoms with Gasteiger partial charge < -0.3 is 15.4 Å². The number of ether oxygens (including phenoxy) is 1. The molecule has 0 saturated carbocycles. The third-order valence-corrected chi connectivity index (χ3v) is 11.3. The Morgan fingerprint density at radius 2 is 1.47 bits per heavy atom. The number of pyridine rings is 1. The van der Waals surface area contributed by atoms with Gasteiger partial charge in [-0.3, -0.25) is 19.6 Å². The van der Waals surface area contributed by atoms with Gasteiger partial charge in [0.1, 0.15) is 16.8 Å². The minimum atomic E-state index is -4.43.